The van der Waals surface area contributed by atoms with E-state index in [0.29, 0.717) is 18.7 Å². The molecule has 0 bridgehead atoms. The van der Waals surface area contributed by atoms with Crippen molar-refractivity contribution in [3.05, 3.63) is 34.9 Å². The zero-order chi connectivity index (χ0) is 15.5. The van der Waals surface area contributed by atoms with Gasteiger partial charge in [-0.05, 0) is 57.4 Å². The van der Waals surface area contributed by atoms with E-state index in [1.165, 1.54) is 5.56 Å². The van der Waals surface area contributed by atoms with Crippen molar-refractivity contribution in [3.8, 4) is 0 Å². The van der Waals surface area contributed by atoms with Gasteiger partial charge in [-0.3, -0.25) is 4.90 Å². The van der Waals surface area contributed by atoms with Crippen molar-refractivity contribution in [2.45, 2.75) is 50.3 Å². The van der Waals surface area contributed by atoms with E-state index >= 15 is 0 Å². The lowest BCUT2D eigenvalue weighted by molar-refractivity contribution is -0.0108. The molecule has 21 heavy (non-hydrogen) atoms. The van der Waals surface area contributed by atoms with Gasteiger partial charge in [-0.1, -0.05) is 23.7 Å². The van der Waals surface area contributed by atoms with Crippen molar-refractivity contribution in [2.75, 3.05) is 20.7 Å². The highest BCUT2D eigenvalue weighted by molar-refractivity contribution is 6.30. The zero-order valence-electron chi connectivity index (χ0n) is 13.3. The highest BCUT2D eigenvalue weighted by Crippen LogP contribution is 2.38. The zero-order valence-corrected chi connectivity index (χ0v) is 14.1. The van der Waals surface area contributed by atoms with Crippen LogP contribution in [0, 0.1) is 0 Å². The second-order valence-electron chi connectivity index (χ2n) is 6.21. The Balaban J connectivity index is 2.14. The third-order valence-corrected chi connectivity index (χ3v) is 5.47. The Morgan fingerprint density at radius 1 is 1.43 bits per heavy atom. The number of benzene rings is 1. The normalized spacial score (nSPS) is 27.8. The minimum absolute atomic E-state index is 0.0662. The Kier molecular flexibility index (Phi) is 5.67. The third kappa shape index (κ3) is 3.59. The molecule has 4 heteroatoms. The van der Waals surface area contributed by atoms with E-state index < -0.39 is 0 Å². The Bertz CT molecular complexity index is 458. The van der Waals surface area contributed by atoms with Crippen LogP contribution in [0.3, 0.4) is 0 Å². The van der Waals surface area contributed by atoms with Crippen molar-refractivity contribution in [3.63, 3.8) is 0 Å². The molecule has 1 unspecified atom stereocenters. The number of methoxy groups -OCH3 is 1. The number of nitrogens with zero attached hydrogens (tertiary/aromatic N) is 1. The smallest absolute Gasteiger partial charge is 0.0572 e. The Hall–Kier alpha value is -0.610. The maximum Gasteiger partial charge on any atom is 0.0572 e. The first-order chi connectivity index (χ1) is 10.0. The molecular formula is C17H27ClN2O. The maximum atomic E-state index is 6.16. The quantitative estimate of drug-likeness (QED) is 0.902. The summed E-state index contributed by atoms with van der Waals surface area (Å²) in [6.07, 6.45) is 4.73. The number of nitrogens with two attached hydrogens (primary N) is 1. The van der Waals surface area contributed by atoms with Crippen molar-refractivity contribution in [1.82, 2.24) is 4.90 Å². The van der Waals surface area contributed by atoms with Crippen LogP contribution in [0.4, 0.5) is 0 Å². The number of hydrogen-bond donors (Lipinski definition) is 1. The topological polar surface area (TPSA) is 38.5 Å². The molecule has 1 aliphatic rings. The number of halogens is 1. The average molecular weight is 311 g/mol. The van der Waals surface area contributed by atoms with E-state index in [0.717, 1.165) is 30.7 Å². The fourth-order valence-electron chi connectivity index (χ4n) is 3.47. The molecule has 0 heterocycles. The second kappa shape index (κ2) is 7.10. The van der Waals surface area contributed by atoms with E-state index in [1.54, 1.807) is 7.11 Å². The molecule has 0 radical (unpaired) electrons. The molecule has 0 aromatic heterocycles. The van der Waals surface area contributed by atoms with Gasteiger partial charge in [0.2, 0.25) is 0 Å². The van der Waals surface area contributed by atoms with E-state index in [2.05, 4.69) is 24.9 Å². The van der Waals surface area contributed by atoms with Crippen molar-refractivity contribution in [1.29, 1.82) is 0 Å². The predicted octanol–water partition coefficient (Wildman–Crippen LogP) is 3.62. The van der Waals surface area contributed by atoms with Crippen molar-refractivity contribution < 1.29 is 4.74 Å². The van der Waals surface area contributed by atoms with Crippen LogP contribution >= 0.6 is 11.6 Å². The lowest BCUT2D eigenvalue weighted by Crippen LogP contribution is -2.55. The fourth-order valence-corrected chi connectivity index (χ4v) is 3.66. The molecule has 3 nitrogen and oxygen atoms in total. The highest BCUT2D eigenvalue weighted by Gasteiger charge is 2.39. The van der Waals surface area contributed by atoms with Crippen LogP contribution in [-0.4, -0.2) is 37.2 Å². The molecule has 0 saturated heterocycles. The molecule has 2 rings (SSSR count). The first-order valence-electron chi connectivity index (χ1n) is 7.73. The number of likely N-dealkylation sites (N-methyl/N-ethyl adjacent to an activating group) is 1. The summed E-state index contributed by atoms with van der Waals surface area (Å²) >= 11 is 6.13. The van der Waals surface area contributed by atoms with Crippen LogP contribution in [0.15, 0.2) is 24.3 Å². The van der Waals surface area contributed by atoms with Gasteiger partial charge in [-0.2, -0.15) is 0 Å². The van der Waals surface area contributed by atoms with Gasteiger partial charge in [0.05, 0.1) is 6.10 Å². The van der Waals surface area contributed by atoms with Crippen molar-refractivity contribution in [2.24, 2.45) is 5.73 Å². The third-order valence-electron chi connectivity index (χ3n) is 5.24. The molecule has 1 aliphatic carbocycles. The number of ether oxygens (including phenoxy) is 1. The molecule has 1 atom stereocenters. The molecule has 1 aromatic carbocycles. The van der Waals surface area contributed by atoms with E-state index in [9.17, 15) is 0 Å². The van der Waals surface area contributed by atoms with E-state index in [4.69, 9.17) is 22.1 Å². The molecule has 118 valence electrons. The van der Waals surface area contributed by atoms with Crippen LogP contribution < -0.4 is 5.73 Å². The minimum Gasteiger partial charge on any atom is -0.381 e. The summed E-state index contributed by atoms with van der Waals surface area (Å²) in [7, 11) is 3.99. The summed E-state index contributed by atoms with van der Waals surface area (Å²) in [5.74, 6) is 0. The van der Waals surface area contributed by atoms with Gasteiger partial charge in [0.25, 0.3) is 0 Å². The monoisotopic (exact) mass is 310 g/mol. The molecule has 1 aromatic rings. The lowest BCUT2D eigenvalue weighted by atomic mass is 9.78. The SMILES string of the molecule is COC1CCC(CN)(N(C)C(C)c2cccc(Cl)c2)CC1. The fraction of sp³-hybridized carbons (Fsp3) is 0.647. The molecule has 1 saturated carbocycles. The highest BCUT2D eigenvalue weighted by atomic mass is 35.5. The summed E-state index contributed by atoms with van der Waals surface area (Å²) in [4.78, 5) is 2.44. The van der Waals surface area contributed by atoms with Crippen LogP contribution in [0.1, 0.15) is 44.2 Å². The molecule has 1 fully saturated rings. The second-order valence-corrected chi connectivity index (χ2v) is 6.64. The Morgan fingerprint density at radius 2 is 2.10 bits per heavy atom. The summed E-state index contributed by atoms with van der Waals surface area (Å²) in [5, 5.41) is 0.789. The molecule has 0 amide bonds. The molecular weight excluding hydrogens is 284 g/mol. The van der Waals surface area contributed by atoms with Crippen LogP contribution in [0.25, 0.3) is 0 Å². The van der Waals surface area contributed by atoms with Gasteiger partial charge >= 0.3 is 0 Å². The average Bonchev–Trinajstić information content (AvgIpc) is 2.53. The predicted molar refractivity (Wildman–Crippen MR) is 88.7 cm³/mol. The van der Waals surface area contributed by atoms with Gasteiger partial charge < -0.3 is 10.5 Å². The summed E-state index contributed by atoms with van der Waals surface area (Å²) < 4.78 is 5.49. The first-order valence-corrected chi connectivity index (χ1v) is 8.11. The summed E-state index contributed by atoms with van der Waals surface area (Å²) in [6.45, 7) is 2.91. The Labute approximate surface area is 133 Å². The van der Waals surface area contributed by atoms with Crippen molar-refractivity contribution >= 4 is 11.6 Å². The maximum absolute atomic E-state index is 6.16. The minimum atomic E-state index is 0.0662. The standard InChI is InChI=1S/C17H27ClN2O/c1-13(14-5-4-6-15(18)11-14)20(2)17(12-19)9-7-16(21-3)8-10-17/h4-6,11,13,16H,7-10,12,19H2,1-3H3. The molecule has 0 aliphatic heterocycles. The van der Waals surface area contributed by atoms with Gasteiger partial charge in [0.1, 0.15) is 0 Å². The lowest BCUT2D eigenvalue weighted by Gasteiger charge is -2.48. The van der Waals surface area contributed by atoms with Gasteiger partial charge in [-0.25, -0.2) is 0 Å². The summed E-state index contributed by atoms with van der Waals surface area (Å²) in [5.41, 5.74) is 7.47. The van der Waals surface area contributed by atoms with Crippen LogP contribution in [0.2, 0.25) is 5.02 Å². The molecule has 0 spiro atoms. The van der Waals surface area contributed by atoms with Gasteiger partial charge in [0.15, 0.2) is 0 Å². The largest absolute Gasteiger partial charge is 0.381 e. The summed E-state index contributed by atoms with van der Waals surface area (Å²) in [6, 6.07) is 8.41. The van der Waals surface area contributed by atoms with E-state index in [-0.39, 0.29) is 5.54 Å². The number of hydrogen-bond acceptors (Lipinski definition) is 3. The van der Waals surface area contributed by atoms with E-state index in [1.807, 2.05) is 18.2 Å². The van der Waals surface area contributed by atoms with Crippen LogP contribution in [0.5, 0.6) is 0 Å². The number of rotatable bonds is 5. The van der Waals surface area contributed by atoms with Gasteiger partial charge in [-0.15, -0.1) is 0 Å². The van der Waals surface area contributed by atoms with Gasteiger partial charge in [0, 0.05) is 30.3 Å². The Morgan fingerprint density at radius 3 is 2.62 bits per heavy atom. The van der Waals surface area contributed by atoms with Crippen LogP contribution in [-0.2, 0) is 4.74 Å². The first kappa shape index (κ1) is 16.8. The molecule has 2 N–H and O–H groups in total.